The molecule has 0 fully saturated rings. The summed E-state index contributed by atoms with van der Waals surface area (Å²) in [6.07, 6.45) is 0.579. The summed E-state index contributed by atoms with van der Waals surface area (Å²) in [6.45, 7) is 3.46. The SMILES string of the molecule is CCN(C)c1ccc(C(=O)NCCc2nc3ccc(F)cc3n2C)cc1. The molecule has 26 heavy (non-hydrogen) atoms. The van der Waals surface area contributed by atoms with Gasteiger partial charge in [-0.25, -0.2) is 9.37 Å². The standard InChI is InChI=1S/C20H23FN4O/c1-4-24(2)16-8-5-14(6-9-16)20(26)22-12-11-19-23-17-10-7-15(21)13-18(17)25(19)3/h5-10,13H,4,11-12H2,1-3H3,(H,22,26). The van der Waals surface area contributed by atoms with Gasteiger partial charge in [0.15, 0.2) is 0 Å². The lowest BCUT2D eigenvalue weighted by molar-refractivity contribution is 0.0954. The second kappa shape index (κ2) is 7.56. The van der Waals surface area contributed by atoms with Gasteiger partial charge in [-0.3, -0.25) is 4.79 Å². The summed E-state index contributed by atoms with van der Waals surface area (Å²) < 4.78 is 15.2. The molecule has 3 rings (SSSR count). The van der Waals surface area contributed by atoms with Gasteiger partial charge in [0.05, 0.1) is 11.0 Å². The zero-order chi connectivity index (χ0) is 18.7. The van der Waals surface area contributed by atoms with Crippen molar-refractivity contribution < 1.29 is 9.18 Å². The maximum atomic E-state index is 13.4. The van der Waals surface area contributed by atoms with Crippen molar-refractivity contribution in [1.29, 1.82) is 0 Å². The zero-order valence-electron chi connectivity index (χ0n) is 15.3. The van der Waals surface area contributed by atoms with Crippen LogP contribution in [0.5, 0.6) is 0 Å². The predicted octanol–water partition coefficient (Wildman–Crippen LogP) is 3.14. The van der Waals surface area contributed by atoms with Crippen LogP contribution >= 0.6 is 0 Å². The lowest BCUT2D eigenvalue weighted by Gasteiger charge is -2.16. The number of rotatable bonds is 6. The number of halogens is 1. The molecule has 0 radical (unpaired) electrons. The summed E-state index contributed by atoms with van der Waals surface area (Å²) in [5.41, 5.74) is 3.22. The first-order valence-electron chi connectivity index (χ1n) is 8.70. The van der Waals surface area contributed by atoms with Crippen LogP contribution in [0, 0.1) is 5.82 Å². The van der Waals surface area contributed by atoms with Crippen LogP contribution in [0.4, 0.5) is 10.1 Å². The minimum Gasteiger partial charge on any atom is -0.375 e. The maximum absolute atomic E-state index is 13.4. The van der Waals surface area contributed by atoms with Crippen LogP contribution in [0.1, 0.15) is 23.1 Å². The molecule has 2 aromatic carbocycles. The number of carbonyl (C=O) groups is 1. The highest BCUT2D eigenvalue weighted by Crippen LogP contribution is 2.16. The van der Waals surface area contributed by atoms with Crippen molar-refractivity contribution in [2.75, 3.05) is 25.0 Å². The zero-order valence-corrected chi connectivity index (χ0v) is 15.3. The van der Waals surface area contributed by atoms with Gasteiger partial charge in [-0.15, -0.1) is 0 Å². The van der Waals surface area contributed by atoms with E-state index in [0.717, 1.165) is 29.1 Å². The fourth-order valence-electron chi connectivity index (χ4n) is 2.88. The number of hydrogen-bond donors (Lipinski definition) is 1. The molecule has 0 unspecified atom stereocenters. The molecule has 0 atom stereocenters. The normalized spacial score (nSPS) is 10.9. The molecule has 0 spiro atoms. The Bertz CT molecular complexity index is 917. The molecule has 1 heterocycles. The van der Waals surface area contributed by atoms with Gasteiger partial charge in [-0.1, -0.05) is 0 Å². The highest BCUT2D eigenvalue weighted by molar-refractivity contribution is 5.94. The molecule has 0 aliphatic heterocycles. The van der Waals surface area contributed by atoms with E-state index in [1.54, 1.807) is 6.07 Å². The number of hydrogen-bond acceptors (Lipinski definition) is 3. The van der Waals surface area contributed by atoms with Crippen LogP contribution in [0.25, 0.3) is 11.0 Å². The lowest BCUT2D eigenvalue weighted by atomic mass is 10.2. The molecule has 0 aliphatic rings. The number of benzene rings is 2. The molecule has 3 aromatic rings. The van der Waals surface area contributed by atoms with Crippen molar-refractivity contribution in [3.63, 3.8) is 0 Å². The van der Waals surface area contributed by atoms with Crippen LogP contribution < -0.4 is 10.2 Å². The van der Waals surface area contributed by atoms with Gasteiger partial charge in [-0.2, -0.15) is 0 Å². The van der Waals surface area contributed by atoms with Gasteiger partial charge < -0.3 is 14.8 Å². The third-order valence-corrected chi connectivity index (χ3v) is 4.61. The summed E-state index contributed by atoms with van der Waals surface area (Å²) >= 11 is 0. The number of amides is 1. The van der Waals surface area contributed by atoms with Gasteiger partial charge in [-0.05, 0) is 49.4 Å². The summed E-state index contributed by atoms with van der Waals surface area (Å²) in [6, 6.07) is 12.1. The average Bonchev–Trinajstić information content (AvgIpc) is 2.96. The molecule has 1 aromatic heterocycles. The molecule has 0 saturated carbocycles. The monoisotopic (exact) mass is 354 g/mol. The summed E-state index contributed by atoms with van der Waals surface area (Å²) in [5, 5.41) is 2.91. The lowest BCUT2D eigenvalue weighted by Crippen LogP contribution is -2.26. The number of aromatic nitrogens is 2. The van der Waals surface area contributed by atoms with Crippen LogP contribution in [-0.4, -0.2) is 35.6 Å². The fourth-order valence-corrected chi connectivity index (χ4v) is 2.88. The Labute approximate surface area is 152 Å². The van der Waals surface area contributed by atoms with Crippen molar-refractivity contribution in [2.24, 2.45) is 7.05 Å². The smallest absolute Gasteiger partial charge is 0.251 e. The highest BCUT2D eigenvalue weighted by atomic mass is 19.1. The molecule has 0 bridgehead atoms. The average molecular weight is 354 g/mol. The number of nitrogens with one attached hydrogen (secondary N) is 1. The van der Waals surface area contributed by atoms with E-state index in [2.05, 4.69) is 22.1 Å². The summed E-state index contributed by atoms with van der Waals surface area (Å²) in [7, 11) is 3.87. The van der Waals surface area contributed by atoms with Gasteiger partial charge in [0.25, 0.3) is 5.91 Å². The number of aryl methyl sites for hydroxylation is 1. The van der Waals surface area contributed by atoms with Gasteiger partial charge in [0.2, 0.25) is 0 Å². The molecule has 1 N–H and O–H groups in total. The van der Waals surface area contributed by atoms with Crippen LogP contribution in [0.15, 0.2) is 42.5 Å². The van der Waals surface area contributed by atoms with E-state index in [0.29, 0.717) is 18.5 Å². The highest BCUT2D eigenvalue weighted by Gasteiger charge is 2.10. The minimum absolute atomic E-state index is 0.111. The summed E-state index contributed by atoms with van der Waals surface area (Å²) in [5.74, 6) is 0.420. The van der Waals surface area contributed by atoms with E-state index in [4.69, 9.17) is 0 Å². The van der Waals surface area contributed by atoms with Crippen molar-refractivity contribution in [3.05, 3.63) is 59.7 Å². The van der Waals surface area contributed by atoms with E-state index in [-0.39, 0.29) is 11.7 Å². The number of carbonyl (C=O) groups excluding carboxylic acids is 1. The van der Waals surface area contributed by atoms with Crippen LogP contribution in [0.3, 0.4) is 0 Å². The van der Waals surface area contributed by atoms with E-state index < -0.39 is 0 Å². The van der Waals surface area contributed by atoms with E-state index in [9.17, 15) is 9.18 Å². The van der Waals surface area contributed by atoms with E-state index in [1.807, 2.05) is 42.9 Å². The quantitative estimate of drug-likeness (QED) is 0.740. The molecular weight excluding hydrogens is 331 g/mol. The van der Waals surface area contributed by atoms with Crippen LogP contribution in [-0.2, 0) is 13.5 Å². The maximum Gasteiger partial charge on any atom is 0.251 e. The van der Waals surface area contributed by atoms with Crippen molar-refractivity contribution in [2.45, 2.75) is 13.3 Å². The third-order valence-electron chi connectivity index (χ3n) is 4.61. The number of fused-ring (bicyclic) bond motifs is 1. The molecule has 0 aliphatic carbocycles. The molecule has 6 heteroatoms. The molecule has 5 nitrogen and oxygen atoms in total. The van der Waals surface area contributed by atoms with Crippen molar-refractivity contribution >= 4 is 22.6 Å². The number of imidazole rings is 1. The first kappa shape index (κ1) is 17.9. The Morgan fingerprint density at radius 2 is 1.96 bits per heavy atom. The Morgan fingerprint density at radius 1 is 1.23 bits per heavy atom. The second-order valence-electron chi connectivity index (χ2n) is 6.29. The Morgan fingerprint density at radius 3 is 2.65 bits per heavy atom. The molecular formula is C20H23FN4O. The third kappa shape index (κ3) is 3.69. The van der Waals surface area contributed by atoms with Crippen molar-refractivity contribution in [1.82, 2.24) is 14.9 Å². The van der Waals surface area contributed by atoms with Crippen molar-refractivity contribution in [3.8, 4) is 0 Å². The Balaban J connectivity index is 1.61. The molecule has 0 saturated heterocycles. The van der Waals surface area contributed by atoms with Gasteiger partial charge in [0, 0.05) is 44.9 Å². The Kier molecular flexibility index (Phi) is 5.21. The Hall–Kier alpha value is -2.89. The predicted molar refractivity (Wildman–Crippen MR) is 102 cm³/mol. The largest absolute Gasteiger partial charge is 0.375 e. The topological polar surface area (TPSA) is 50.2 Å². The summed E-state index contributed by atoms with van der Waals surface area (Å²) in [4.78, 5) is 18.9. The first-order valence-corrected chi connectivity index (χ1v) is 8.70. The number of nitrogens with zero attached hydrogens (tertiary/aromatic N) is 3. The second-order valence-corrected chi connectivity index (χ2v) is 6.29. The van der Waals surface area contributed by atoms with E-state index >= 15 is 0 Å². The molecule has 136 valence electrons. The van der Waals surface area contributed by atoms with E-state index in [1.165, 1.54) is 12.1 Å². The number of anilines is 1. The first-order chi connectivity index (χ1) is 12.5. The van der Waals surface area contributed by atoms with Gasteiger partial charge >= 0.3 is 0 Å². The minimum atomic E-state index is -0.280. The molecule has 1 amide bonds. The van der Waals surface area contributed by atoms with Gasteiger partial charge in [0.1, 0.15) is 11.6 Å². The fraction of sp³-hybridized carbons (Fsp3) is 0.300. The van der Waals surface area contributed by atoms with Crippen LogP contribution in [0.2, 0.25) is 0 Å².